The minimum Gasteiger partial charge on any atom is -0.335 e. The van der Waals surface area contributed by atoms with Gasteiger partial charge in [0.05, 0.1) is 12.3 Å². The summed E-state index contributed by atoms with van der Waals surface area (Å²) in [6.45, 7) is 1.84. The lowest BCUT2D eigenvalue weighted by molar-refractivity contribution is 0.0742. The van der Waals surface area contributed by atoms with Crippen LogP contribution in [0.15, 0.2) is 48.5 Å². The monoisotopic (exact) mass is 350 g/mol. The highest BCUT2D eigenvalue weighted by Crippen LogP contribution is 2.22. The van der Waals surface area contributed by atoms with Gasteiger partial charge in [-0.25, -0.2) is 12.8 Å². The third kappa shape index (κ3) is 4.55. The predicted molar refractivity (Wildman–Crippen MR) is 91.8 cm³/mol. The van der Waals surface area contributed by atoms with E-state index in [1.165, 1.54) is 23.1 Å². The summed E-state index contributed by atoms with van der Waals surface area (Å²) < 4.78 is 38.0. The van der Waals surface area contributed by atoms with Gasteiger partial charge in [0.25, 0.3) is 5.91 Å². The maximum absolute atomic E-state index is 13.0. The second kappa shape index (κ2) is 7.00. The van der Waals surface area contributed by atoms with Gasteiger partial charge >= 0.3 is 0 Å². The quantitative estimate of drug-likeness (QED) is 0.901. The molecule has 7 heteroatoms. The molecule has 0 fully saturated rings. The number of rotatable bonds is 5. The SMILES string of the molecule is C[C@H](c1ccc(F)cc1)N(C)C(=O)c1cccc(NS(C)(=O)=O)c1. The van der Waals surface area contributed by atoms with Gasteiger partial charge in [0.15, 0.2) is 0 Å². The molecule has 2 aromatic carbocycles. The summed E-state index contributed by atoms with van der Waals surface area (Å²) in [5.41, 5.74) is 1.49. The van der Waals surface area contributed by atoms with Gasteiger partial charge in [-0.1, -0.05) is 18.2 Å². The zero-order chi connectivity index (χ0) is 17.9. The Bertz CT molecular complexity index is 835. The van der Waals surface area contributed by atoms with E-state index >= 15 is 0 Å². The van der Waals surface area contributed by atoms with Crippen molar-refractivity contribution in [2.75, 3.05) is 18.0 Å². The molecule has 0 aromatic heterocycles. The predicted octanol–water partition coefficient (Wildman–Crippen LogP) is 3.03. The van der Waals surface area contributed by atoms with Gasteiger partial charge in [-0.05, 0) is 42.8 Å². The standard InChI is InChI=1S/C17H19FN2O3S/c1-12(13-7-9-15(18)10-8-13)20(2)17(21)14-5-4-6-16(11-14)19-24(3,22)23/h4-12,19H,1-3H3/t12-/m1/s1. The van der Waals surface area contributed by atoms with E-state index < -0.39 is 10.0 Å². The van der Waals surface area contributed by atoms with E-state index in [9.17, 15) is 17.6 Å². The molecule has 0 bridgehead atoms. The molecule has 0 saturated heterocycles. The highest BCUT2D eigenvalue weighted by molar-refractivity contribution is 7.92. The first-order valence-corrected chi connectivity index (χ1v) is 9.17. The second-order valence-corrected chi connectivity index (χ2v) is 7.35. The molecular formula is C17H19FN2O3S. The summed E-state index contributed by atoms with van der Waals surface area (Å²) >= 11 is 0. The molecule has 0 aliphatic heterocycles. The van der Waals surface area contributed by atoms with E-state index in [1.807, 2.05) is 6.92 Å². The fraction of sp³-hybridized carbons (Fsp3) is 0.235. The highest BCUT2D eigenvalue weighted by Gasteiger charge is 2.19. The Kier molecular flexibility index (Phi) is 5.23. The summed E-state index contributed by atoms with van der Waals surface area (Å²) in [5.74, 6) is -0.594. The molecule has 5 nitrogen and oxygen atoms in total. The van der Waals surface area contributed by atoms with Crippen molar-refractivity contribution in [3.63, 3.8) is 0 Å². The number of halogens is 1. The Balaban J connectivity index is 2.21. The lowest BCUT2D eigenvalue weighted by Gasteiger charge is -2.25. The zero-order valence-corrected chi connectivity index (χ0v) is 14.5. The van der Waals surface area contributed by atoms with Crippen LogP contribution in [-0.4, -0.2) is 32.5 Å². The maximum atomic E-state index is 13.0. The number of carbonyl (C=O) groups is 1. The first-order valence-electron chi connectivity index (χ1n) is 7.28. The zero-order valence-electron chi connectivity index (χ0n) is 13.7. The topological polar surface area (TPSA) is 66.5 Å². The van der Waals surface area contributed by atoms with Crippen LogP contribution >= 0.6 is 0 Å². The molecule has 0 aliphatic rings. The van der Waals surface area contributed by atoms with Gasteiger partial charge in [0.1, 0.15) is 5.82 Å². The van der Waals surface area contributed by atoms with Gasteiger partial charge in [-0.15, -0.1) is 0 Å². The van der Waals surface area contributed by atoms with Crippen LogP contribution in [0.1, 0.15) is 28.9 Å². The summed E-state index contributed by atoms with van der Waals surface area (Å²) in [6, 6.07) is 12.0. The number of nitrogens with zero attached hydrogens (tertiary/aromatic N) is 1. The number of anilines is 1. The van der Waals surface area contributed by atoms with Crippen LogP contribution < -0.4 is 4.72 Å². The van der Waals surface area contributed by atoms with Crippen molar-refractivity contribution in [2.45, 2.75) is 13.0 Å². The van der Waals surface area contributed by atoms with Crippen molar-refractivity contribution < 1.29 is 17.6 Å². The molecule has 0 heterocycles. The lowest BCUT2D eigenvalue weighted by Crippen LogP contribution is -2.29. The number of sulfonamides is 1. The highest BCUT2D eigenvalue weighted by atomic mass is 32.2. The number of benzene rings is 2. The number of hydrogen-bond donors (Lipinski definition) is 1. The molecule has 2 rings (SSSR count). The van der Waals surface area contributed by atoms with E-state index in [1.54, 1.807) is 37.4 Å². The first-order chi connectivity index (χ1) is 11.2. The number of carbonyl (C=O) groups excluding carboxylic acids is 1. The fourth-order valence-corrected chi connectivity index (χ4v) is 2.83. The van der Waals surface area contributed by atoms with E-state index in [-0.39, 0.29) is 17.8 Å². The van der Waals surface area contributed by atoms with Crippen molar-refractivity contribution in [1.82, 2.24) is 4.90 Å². The van der Waals surface area contributed by atoms with Crippen molar-refractivity contribution in [3.05, 3.63) is 65.5 Å². The van der Waals surface area contributed by atoms with Crippen molar-refractivity contribution in [2.24, 2.45) is 0 Å². The Morgan fingerprint density at radius 3 is 2.38 bits per heavy atom. The van der Waals surface area contributed by atoms with Gasteiger partial charge in [0, 0.05) is 18.3 Å². The number of hydrogen-bond acceptors (Lipinski definition) is 3. The molecule has 0 radical (unpaired) electrons. The Morgan fingerprint density at radius 1 is 1.17 bits per heavy atom. The average molecular weight is 350 g/mol. The third-order valence-electron chi connectivity index (χ3n) is 3.67. The molecule has 1 amide bonds. The van der Waals surface area contributed by atoms with Crippen LogP contribution in [-0.2, 0) is 10.0 Å². The van der Waals surface area contributed by atoms with Gasteiger partial charge in [0.2, 0.25) is 10.0 Å². The van der Waals surface area contributed by atoms with E-state index in [4.69, 9.17) is 0 Å². The Morgan fingerprint density at radius 2 is 1.79 bits per heavy atom. The van der Waals surface area contributed by atoms with Crippen molar-refractivity contribution in [1.29, 1.82) is 0 Å². The molecule has 2 aromatic rings. The first kappa shape index (κ1) is 17.9. The van der Waals surface area contributed by atoms with Crippen LogP contribution in [0.4, 0.5) is 10.1 Å². The Labute approximate surface area is 141 Å². The molecule has 0 spiro atoms. The number of nitrogens with one attached hydrogen (secondary N) is 1. The van der Waals surface area contributed by atoms with Crippen LogP contribution in [0.5, 0.6) is 0 Å². The molecule has 0 unspecified atom stereocenters. The fourth-order valence-electron chi connectivity index (χ4n) is 2.27. The van der Waals surface area contributed by atoms with Gasteiger partial charge in [-0.3, -0.25) is 9.52 Å². The molecule has 0 saturated carbocycles. The van der Waals surface area contributed by atoms with E-state index in [0.29, 0.717) is 11.3 Å². The summed E-state index contributed by atoms with van der Waals surface area (Å²) in [6.07, 6.45) is 1.05. The average Bonchev–Trinajstić information content (AvgIpc) is 2.52. The summed E-state index contributed by atoms with van der Waals surface area (Å²) in [4.78, 5) is 14.1. The molecular weight excluding hydrogens is 331 g/mol. The van der Waals surface area contributed by atoms with Crippen LogP contribution in [0.25, 0.3) is 0 Å². The van der Waals surface area contributed by atoms with Crippen LogP contribution in [0, 0.1) is 5.82 Å². The van der Waals surface area contributed by atoms with Crippen molar-refractivity contribution in [3.8, 4) is 0 Å². The lowest BCUT2D eigenvalue weighted by atomic mass is 10.1. The van der Waals surface area contributed by atoms with Crippen LogP contribution in [0.3, 0.4) is 0 Å². The minimum atomic E-state index is -3.41. The van der Waals surface area contributed by atoms with Gasteiger partial charge in [-0.2, -0.15) is 0 Å². The minimum absolute atomic E-state index is 0.260. The normalized spacial score (nSPS) is 12.5. The molecule has 1 atom stereocenters. The molecule has 0 aliphatic carbocycles. The maximum Gasteiger partial charge on any atom is 0.254 e. The largest absolute Gasteiger partial charge is 0.335 e. The van der Waals surface area contributed by atoms with Crippen molar-refractivity contribution >= 4 is 21.6 Å². The Hall–Kier alpha value is -2.41. The third-order valence-corrected chi connectivity index (χ3v) is 4.27. The smallest absolute Gasteiger partial charge is 0.254 e. The molecule has 24 heavy (non-hydrogen) atoms. The second-order valence-electron chi connectivity index (χ2n) is 5.60. The number of amides is 1. The van der Waals surface area contributed by atoms with E-state index in [0.717, 1.165) is 11.8 Å². The molecule has 1 N–H and O–H groups in total. The van der Waals surface area contributed by atoms with Gasteiger partial charge < -0.3 is 4.90 Å². The van der Waals surface area contributed by atoms with Crippen LogP contribution in [0.2, 0.25) is 0 Å². The summed E-state index contributed by atoms with van der Waals surface area (Å²) in [5, 5.41) is 0. The molecule has 128 valence electrons. The summed E-state index contributed by atoms with van der Waals surface area (Å²) in [7, 11) is -1.77. The van der Waals surface area contributed by atoms with E-state index in [2.05, 4.69) is 4.72 Å².